The van der Waals surface area contributed by atoms with E-state index in [9.17, 15) is 9.59 Å². The Bertz CT molecular complexity index is 414. The third-order valence-corrected chi connectivity index (χ3v) is 2.43. The first kappa shape index (κ1) is 8.90. The van der Waals surface area contributed by atoms with E-state index in [1.54, 1.807) is 24.3 Å². The number of nitrogens with zero attached hydrogens (tertiary/aromatic N) is 1. The second-order valence-corrected chi connectivity index (χ2v) is 3.27. The molecule has 4 nitrogen and oxygen atoms in total. The molecule has 2 amide bonds. The summed E-state index contributed by atoms with van der Waals surface area (Å²) in [5, 5.41) is 0. The highest BCUT2D eigenvalue weighted by atomic mass is 16.2. The molecular formula is C10H10N2O2. The molecule has 2 N–H and O–H groups in total. The van der Waals surface area contributed by atoms with Crippen molar-refractivity contribution >= 4 is 11.8 Å². The lowest BCUT2D eigenvalue weighted by molar-refractivity contribution is -0.129. The summed E-state index contributed by atoms with van der Waals surface area (Å²) in [6, 6.07) is 6.20. The van der Waals surface area contributed by atoms with Crippen LogP contribution >= 0.6 is 0 Å². The van der Waals surface area contributed by atoms with E-state index in [4.69, 9.17) is 5.73 Å². The minimum absolute atomic E-state index is 0.285. The zero-order valence-corrected chi connectivity index (χ0v) is 7.73. The highest BCUT2D eigenvalue weighted by Crippen LogP contribution is 2.24. The average molecular weight is 190 g/mol. The second kappa shape index (κ2) is 2.92. The van der Waals surface area contributed by atoms with Crippen LogP contribution in [0.15, 0.2) is 24.3 Å². The van der Waals surface area contributed by atoms with E-state index < -0.39 is 6.04 Å². The van der Waals surface area contributed by atoms with Gasteiger partial charge in [0.1, 0.15) is 6.04 Å². The molecule has 0 aromatic heterocycles. The number of hydrogen-bond acceptors (Lipinski definition) is 3. The summed E-state index contributed by atoms with van der Waals surface area (Å²) in [6.45, 7) is 0. The van der Waals surface area contributed by atoms with E-state index in [-0.39, 0.29) is 11.8 Å². The SMILES string of the molecule is CN1C(=O)c2ccccc2[C@@H](N)C1=O. The van der Waals surface area contributed by atoms with Crippen molar-refractivity contribution in [2.75, 3.05) is 7.05 Å². The molecule has 2 rings (SSSR count). The van der Waals surface area contributed by atoms with Gasteiger partial charge < -0.3 is 5.73 Å². The number of rotatable bonds is 0. The number of imide groups is 1. The lowest BCUT2D eigenvalue weighted by atomic mass is 9.95. The predicted molar refractivity (Wildman–Crippen MR) is 50.5 cm³/mol. The largest absolute Gasteiger partial charge is 0.316 e. The monoisotopic (exact) mass is 190 g/mol. The molecule has 4 heteroatoms. The molecule has 0 spiro atoms. The maximum absolute atomic E-state index is 11.6. The number of benzene rings is 1. The lowest BCUT2D eigenvalue weighted by Gasteiger charge is -2.27. The van der Waals surface area contributed by atoms with Gasteiger partial charge in [-0.25, -0.2) is 0 Å². The van der Waals surface area contributed by atoms with Gasteiger partial charge in [-0.2, -0.15) is 0 Å². The van der Waals surface area contributed by atoms with E-state index in [0.717, 1.165) is 4.90 Å². The number of carbonyl (C=O) groups excluding carboxylic acids is 2. The second-order valence-electron chi connectivity index (χ2n) is 3.27. The van der Waals surface area contributed by atoms with Gasteiger partial charge in [-0.15, -0.1) is 0 Å². The van der Waals surface area contributed by atoms with Gasteiger partial charge in [0.25, 0.3) is 11.8 Å². The number of likely N-dealkylation sites (N-methyl/N-ethyl adjacent to an activating group) is 1. The molecule has 14 heavy (non-hydrogen) atoms. The van der Waals surface area contributed by atoms with Crippen molar-refractivity contribution in [3.8, 4) is 0 Å². The van der Waals surface area contributed by atoms with Crippen molar-refractivity contribution in [1.82, 2.24) is 4.90 Å². The zero-order chi connectivity index (χ0) is 10.3. The van der Waals surface area contributed by atoms with Crippen LogP contribution in [0.2, 0.25) is 0 Å². The van der Waals surface area contributed by atoms with E-state index in [1.165, 1.54) is 7.05 Å². The van der Waals surface area contributed by atoms with Gasteiger partial charge in [0.05, 0.1) is 0 Å². The molecule has 1 aliphatic rings. The van der Waals surface area contributed by atoms with Crippen LogP contribution in [0.25, 0.3) is 0 Å². The molecule has 1 aliphatic heterocycles. The van der Waals surface area contributed by atoms with Crippen LogP contribution in [-0.2, 0) is 4.79 Å². The highest BCUT2D eigenvalue weighted by Gasteiger charge is 2.33. The molecule has 1 aromatic carbocycles. The first-order chi connectivity index (χ1) is 6.63. The summed E-state index contributed by atoms with van der Waals surface area (Å²) < 4.78 is 0. The molecule has 72 valence electrons. The maximum atomic E-state index is 11.6. The van der Waals surface area contributed by atoms with Gasteiger partial charge in [0.2, 0.25) is 0 Å². The molecular weight excluding hydrogens is 180 g/mol. The molecule has 0 saturated heterocycles. The van der Waals surface area contributed by atoms with Crippen molar-refractivity contribution < 1.29 is 9.59 Å². The number of carbonyl (C=O) groups is 2. The Morgan fingerprint density at radius 1 is 1.29 bits per heavy atom. The van der Waals surface area contributed by atoms with Crippen LogP contribution < -0.4 is 5.73 Å². The third kappa shape index (κ3) is 1.04. The van der Waals surface area contributed by atoms with Gasteiger partial charge in [0.15, 0.2) is 0 Å². The minimum atomic E-state index is -0.714. The molecule has 0 bridgehead atoms. The number of hydrogen-bond donors (Lipinski definition) is 1. The first-order valence-corrected chi connectivity index (χ1v) is 4.29. The Kier molecular flexibility index (Phi) is 1.86. The van der Waals surface area contributed by atoms with E-state index in [2.05, 4.69) is 0 Å². The van der Waals surface area contributed by atoms with Crippen molar-refractivity contribution in [3.05, 3.63) is 35.4 Å². The predicted octanol–water partition coefficient (Wildman–Crippen LogP) is 0.299. The smallest absolute Gasteiger partial charge is 0.260 e. The molecule has 0 aliphatic carbocycles. The molecule has 0 unspecified atom stereocenters. The molecule has 1 atom stereocenters. The summed E-state index contributed by atoms with van der Waals surface area (Å²) >= 11 is 0. The van der Waals surface area contributed by atoms with Crippen molar-refractivity contribution in [1.29, 1.82) is 0 Å². The standard InChI is InChI=1S/C10H10N2O2/c1-12-9(13)7-5-3-2-4-6(7)8(11)10(12)14/h2-5,8H,11H2,1H3/t8-/m1/s1. The van der Waals surface area contributed by atoms with E-state index in [0.29, 0.717) is 11.1 Å². The fourth-order valence-corrected chi connectivity index (χ4v) is 1.59. The van der Waals surface area contributed by atoms with Gasteiger partial charge >= 0.3 is 0 Å². The number of fused-ring (bicyclic) bond motifs is 1. The Labute approximate surface area is 81.3 Å². The lowest BCUT2D eigenvalue weighted by Crippen LogP contribution is -2.44. The third-order valence-electron chi connectivity index (χ3n) is 2.43. The molecule has 0 saturated carbocycles. The van der Waals surface area contributed by atoms with Gasteiger partial charge in [-0.1, -0.05) is 18.2 Å². The molecule has 1 heterocycles. The van der Waals surface area contributed by atoms with Crippen LogP contribution in [-0.4, -0.2) is 23.8 Å². The normalized spacial score (nSPS) is 21.0. The Morgan fingerprint density at radius 2 is 1.93 bits per heavy atom. The van der Waals surface area contributed by atoms with Gasteiger partial charge in [-0.05, 0) is 11.6 Å². The Balaban J connectivity index is 2.62. The van der Waals surface area contributed by atoms with E-state index >= 15 is 0 Å². The summed E-state index contributed by atoms with van der Waals surface area (Å²) in [7, 11) is 1.44. The quantitative estimate of drug-likeness (QED) is 0.598. The zero-order valence-electron chi connectivity index (χ0n) is 7.73. The number of amides is 2. The summed E-state index contributed by atoms with van der Waals surface area (Å²) in [5.74, 6) is -0.638. The summed E-state index contributed by atoms with van der Waals surface area (Å²) in [6.07, 6.45) is 0. The maximum Gasteiger partial charge on any atom is 0.260 e. The highest BCUT2D eigenvalue weighted by molar-refractivity contribution is 6.10. The van der Waals surface area contributed by atoms with Gasteiger partial charge in [-0.3, -0.25) is 14.5 Å². The van der Waals surface area contributed by atoms with Crippen LogP contribution in [0.3, 0.4) is 0 Å². The topological polar surface area (TPSA) is 63.4 Å². The molecule has 1 aromatic rings. The van der Waals surface area contributed by atoms with Crippen molar-refractivity contribution in [3.63, 3.8) is 0 Å². The Morgan fingerprint density at radius 3 is 2.64 bits per heavy atom. The Hall–Kier alpha value is -1.68. The average Bonchev–Trinajstić information content (AvgIpc) is 2.23. The van der Waals surface area contributed by atoms with Gasteiger partial charge in [0, 0.05) is 12.6 Å². The van der Waals surface area contributed by atoms with Crippen LogP contribution in [0.4, 0.5) is 0 Å². The summed E-state index contributed by atoms with van der Waals surface area (Å²) in [5.41, 5.74) is 6.83. The van der Waals surface area contributed by atoms with Crippen molar-refractivity contribution in [2.45, 2.75) is 6.04 Å². The fourth-order valence-electron chi connectivity index (χ4n) is 1.59. The van der Waals surface area contributed by atoms with Crippen LogP contribution in [0.5, 0.6) is 0 Å². The van der Waals surface area contributed by atoms with Crippen LogP contribution in [0.1, 0.15) is 22.0 Å². The fraction of sp³-hybridized carbons (Fsp3) is 0.200. The van der Waals surface area contributed by atoms with Crippen LogP contribution in [0, 0.1) is 0 Å². The summed E-state index contributed by atoms with van der Waals surface area (Å²) in [4.78, 5) is 24.2. The van der Waals surface area contributed by atoms with E-state index in [1.807, 2.05) is 0 Å². The van der Waals surface area contributed by atoms with Crippen molar-refractivity contribution in [2.24, 2.45) is 5.73 Å². The molecule has 0 fully saturated rings. The first-order valence-electron chi connectivity index (χ1n) is 4.29. The minimum Gasteiger partial charge on any atom is -0.316 e. The number of nitrogens with two attached hydrogens (primary N) is 1. The molecule has 0 radical (unpaired) electrons.